The van der Waals surface area contributed by atoms with Gasteiger partial charge >= 0.3 is 0 Å². The molecular weight excluding hydrogens is 757 g/mol. The Balaban J connectivity index is 1.01. The first-order valence-corrected chi connectivity index (χ1v) is 21.1. The Bertz CT molecular complexity index is 3890. The van der Waals surface area contributed by atoms with E-state index in [9.17, 15) is 0 Å². The second kappa shape index (κ2) is 13.6. The van der Waals surface area contributed by atoms with Crippen LogP contribution in [0.3, 0.4) is 0 Å². The van der Waals surface area contributed by atoms with E-state index < -0.39 is 0 Å². The molecular formula is C58H36N2O2. The van der Waals surface area contributed by atoms with E-state index in [0.717, 1.165) is 99.7 Å². The van der Waals surface area contributed by atoms with Crippen LogP contribution in [0.15, 0.2) is 227 Å². The van der Waals surface area contributed by atoms with Crippen molar-refractivity contribution < 1.29 is 8.83 Å². The average Bonchev–Trinajstić information content (AvgIpc) is 4.02. The predicted octanol–water partition coefficient (Wildman–Crippen LogP) is 16.5. The number of hydrogen-bond acceptors (Lipinski definition) is 3. The number of fused-ring (bicyclic) bond motifs is 11. The largest absolute Gasteiger partial charge is 0.456 e. The summed E-state index contributed by atoms with van der Waals surface area (Å²) in [4.78, 5) is 2.39. The van der Waals surface area contributed by atoms with Gasteiger partial charge in [-0.2, -0.15) is 0 Å². The molecule has 3 heterocycles. The van der Waals surface area contributed by atoms with E-state index in [1.54, 1.807) is 0 Å². The van der Waals surface area contributed by atoms with Gasteiger partial charge in [-0.25, -0.2) is 0 Å². The van der Waals surface area contributed by atoms with Crippen molar-refractivity contribution in [1.82, 2.24) is 4.57 Å². The maximum absolute atomic E-state index is 6.75. The normalized spacial score (nSPS) is 11.9. The number of para-hydroxylation sites is 3. The summed E-state index contributed by atoms with van der Waals surface area (Å²) in [5, 5.41) is 9.12. The topological polar surface area (TPSA) is 34.5 Å². The first-order chi connectivity index (χ1) is 30.7. The minimum Gasteiger partial charge on any atom is -0.456 e. The third kappa shape index (κ3) is 5.33. The highest BCUT2D eigenvalue weighted by Gasteiger charge is 2.22. The molecule has 0 radical (unpaired) electrons. The molecule has 10 aromatic carbocycles. The molecule has 13 rings (SSSR count). The zero-order valence-electron chi connectivity index (χ0n) is 33.5. The Kier molecular flexibility index (Phi) is 7.57. The summed E-state index contributed by atoms with van der Waals surface area (Å²) in [6.07, 6.45) is 0. The second-order valence-electron chi connectivity index (χ2n) is 16.1. The number of aromatic nitrogens is 1. The lowest BCUT2D eigenvalue weighted by atomic mass is 10.00. The van der Waals surface area contributed by atoms with Gasteiger partial charge in [0.25, 0.3) is 0 Å². The molecule has 0 bridgehead atoms. The Morgan fingerprint density at radius 1 is 0.339 bits per heavy atom. The van der Waals surface area contributed by atoms with Crippen molar-refractivity contribution in [2.75, 3.05) is 4.90 Å². The fraction of sp³-hybridized carbons (Fsp3) is 0. The van der Waals surface area contributed by atoms with Crippen molar-refractivity contribution in [2.45, 2.75) is 0 Å². The van der Waals surface area contributed by atoms with E-state index in [4.69, 9.17) is 8.83 Å². The summed E-state index contributed by atoms with van der Waals surface area (Å²) >= 11 is 0. The standard InChI is InChI=1S/C58H36N2O2/c1-2-16-42(17-3-1)60-51-23-8-6-21-46(51)50-35-40(29-32-52(50)60)38-14-10-18-43(33-38)59(53-24-12-26-55-57(53)49-31-27-37-13-4-5-20-45(37)58(49)62-55)44-19-11-15-39(34-44)41-28-30-48-47-22-7-9-25-54(47)61-56(48)36-41/h1-36H. The third-order valence-electron chi connectivity index (χ3n) is 12.5. The number of hydrogen-bond donors (Lipinski definition) is 0. The Morgan fingerprint density at radius 2 is 0.952 bits per heavy atom. The summed E-state index contributed by atoms with van der Waals surface area (Å²) in [7, 11) is 0. The molecule has 0 spiro atoms. The van der Waals surface area contributed by atoms with Gasteiger partial charge in [-0.3, -0.25) is 0 Å². The van der Waals surface area contributed by atoms with Crippen LogP contribution < -0.4 is 4.90 Å². The maximum Gasteiger partial charge on any atom is 0.143 e. The van der Waals surface area contributed by atoms with Crippen LogP contribution in [0, 0.1) is 0 Å². The van der Waals surface area contributed by atoms with Crippen LogP contribution in [0.25, 0.3) is 104 Å². The fourth-order valence-electron chi connectivity index (χ4n) is 9.71. The van der Waals surface area contributed by atoms with Crippen LogP contribution in [-0.2, 0) is 0 Å². The molecule has 0 saturated heterocycles. The highest BCUT2D eigenvalue weighted by Crippen LogP contribution is 2.46. The van der Waals surface area contributed by atoms with E-state index >= 15 is 0 Å². The molecule has 0 fully saturated rings. The van der Waals surface area contributed by atoms with Gasteiger partial charge in [0.2, 0.25) is 0 Å². The average molecular weight is 793 g/mol. The van der Waals surface area contributed by atoms with Gasteiger partial charge in [-0.05, 0) is 119 Å². The quantitative estimate of drug-likeness (QED) is 0.168. The van der Waals surface area contributed by atoms with E-state index in [1.165, 1.54) is 21.8 Å². The molecule has 0 N–H and O–H groups in total. The van der Waals surface area contributed by atoms with Gasteiger partial charge in [0.1, 0.15) is 22.3 Å². The summed E-state index contributed by atoms with van der Waals surface area (Å²) in [6, 6.07) is 78.0. The maximum atomic E-state index is 6.75. The zero-order chi connectivity index (χ0) is 40.7. The summed E-state index contributed by atoms with van der Waals surface area (Å²) in [5.41, 5.74) is 14.6. The molecule has 0 aliphatic carbocycles. The molecule has 3 aromatic heterocycles. The van der Waals surface area contributed by atoms with Crippen LogP contribution in [0.1, 0.15) is 0 Å². The van der Waals surface area contributed by atoms with Gasteiger partial charge in [-0.15, -0.1) is 0 Å². The predicted molar refractivity (Wildman–Crippen MR) is 258 cm³/mol. The highest BCUT2D eigenvalue weighted by molar-refractivity contribution is 6.20. The van der Waals surface area contributed by atoms with Crippen molar-refractivity contribution in [1.29, 1.82) is 0 Å². The number of benzene rings is 10. The minimum atomic E-state index is 0.849. The lowest BCUT2D eigenvalue weighted by Crippen LogP contribution is -2.10. The van der Waals surface area contributed by atoms with Crippen molar-refractivity contribution in [3.05, 3.63) is 218 Å². The molecule has 290 valence electrons. The monoisotopic (exact) mass is 792 g/mol. The lowest BCUT2D eigenvalue weighted by Gasteiger charge is -2.27. The number of nitrogens with zero attached hydrogens (tertiary/aromatic N) is 2. The van der Waals surface area contributed by atoms with E-state index in [1.807, 2.05) is 12.1 Å². The van der Waals surface area contributed by atoms with Crippen molar-refractivity contribution in [3.63, 3.8) is 0 Å². The summed E-state index contributed by atoms with van der Waals surface area (Å²) in [6.45, 7) is 0. The van der Waals surface area contributed by atoms with Crippen molar-refractivity contribution in [2.24, 2.45) is 0 Å². The molecule has 0 saturated carbocycles. The molecule has 0 unspecified atom stereocenters. The van der Waals surface area contributed by atoms with Crippen molar-refractivity contribution in [3.8, 4) is 27.9 Å². The fourth-order valence-corrected chi connectivity index (χ4v) is 9.71. The van der Waals surface area contributed by atoms with E-state index in [-0.39, 0.29) is 0 Å². The molecule has 62 heavy (non-hydrogen) atoms. The Labute approximate surface area is 356 Å². The van der Waals surface area contributed by atoms with Crippen LogP contribution in [0.5, 0.6) is 0 Å². The van der Waals surface area contributed by atoms with Crippen LogP contribution in [-0.4, -0.2) is 4.57 Å². The zero-order valence-corrected chi connectivity index (χ0v) is 33.5. The molecule has 4 heteroatoms. The summed E-state index contributed by atoms with van der Waals surface area (Å²) in [5.74, 6) is 0. The molecule has 13 aromatic rings. The summed E-state index contributed by atoms with van der Waals surface area (Å²) < 4.78 is 15.5. The van der Waals surface area contributed by atoms with Crippen molar-refractivity contribution >= 4 is 93.5 Å². The molecule has 0 amide bonds. The van der Waals surface area contributed by atoms with Gasteiger partial charge < -0.3 is 18.3 Å². The SMILES string of the molecule is c1ccc(-n2c3ccccc3c3cc(-c4cccc(N(c5cccc(-c6ccc7c(c6)oc6ccccc67)c5)c5cccc6oc7c8ccccc8ccc7c56)c4)ccc32)cc1. The van der Waals surface area contributed by atoms with E-state index in [2.05, 4.69) is 216 Å². The first-order valence-electron chi connectivity index (χ1n) is 21.1. The van der Waals surface area contributed by atoms with Gasteiger partial charge in [0, 0.05) is 49.4 Å². The molecule has 0 atom stereocenters. The minimum absolute atomic E-state index is 0.849. The molecule has 0 aliphatic heterocycles. The molecule has 0 aliphatic rings. The van der Waals surface area contributed by atoms with E-state index in [0.29, 0.717) is 0 Å². The molecule has 4 nitrogen and oxygen atoms in total. The smallest absolute Gasteiger partial charge is 0.143 e. The second-order valence-corrected chi connectivity index (χ2v) is 16.1. The Morgan fingerprint density at radius 3 is 1.79 bits per heavy atom. The van der Waals surface area contributed by atoms with Crippen LogP contribution >= 0.6 is 0 Å². The van der Waals surface area contributed by atoms with Gasteiger partial charge in [0.05, 0.1) is 22.1 Å². The lowest BCUT2D eigenvalue weighted by molar-refractivity contribution is 0.669. The first kappa shape index (κ1) is 34.5. The van der Waals surface area contributed by atoms with Gasteiger partial charge in [-0.1, -0.05) is 127 Å². The number of rotatable bonds is 6. The number of anilines is 3. The van der Waals surface area contributed by atoms with Crippen LogP contribution in [0.2, 0.25) is 0 Å². The van der Waals surface area contributed by atoms with Gasteiger partial charge in [0.15, 0.2) is 0 Å². The van der Waals surface area contributed by atoms with Crippen LogP contribution in [0.4, 0.5) is 17.1 Å². The number of furan rings is 2. The highest BCUT2D eigenvalue weighted by atomic mass is 16.3. The Hall–Kier alpha value is -8.34. The third-order valence-corrected chi connectivity index (χ3v) is 12.5.